The largest absolute Gasteiger partial charge is 0.303 e. The van der Waals surface area contributed by atoms with E-state index in [4.69, 9.17) is 5.10 Å². The summed E-state index contributed by atoms with van der Waals surface area (Å²) in [7, 11) is 0. The molecule has 0 fully saturated rings. The first-order valence-corrected chi connectivity index (χ1v) is 7.36. The van der Waals surface area contributed by atoms with E-state index in [0.29, 0.717) is 6.42 Å². The normalized spacial score (nSPS) is 10.7. The van der Waals surface area contributed by atoms with Gasteiger partial charge in [0.25, 0.3) is 0 Å². The van der Waals surface area contributed by atoms with Gasteiger partial charge in [-0.1, -0.05) is 43.7 Å². The molecular formula is C17H22N2O. The highest BCUT2D eigenvalue weighted by molar-refractivity contribution is 5.49. The Hall–Kier alpha value is -1.90. The number of hydrogen-bond acceptors (Lipinski definition) is 2. The number of aryl methyl sites for hydroxylation is 2. The lowest BCUT2D eigenvalue weighted by atomic mass is 10.1. The van der Waals surface area contributed by atoms with Gasteiger partial charge in [-0.2, -0.15) is 5.10 Å². The van der Waals surface area contributed by atoms with Gasteiger partial charge < -0.3 is 4.79 Å². The van der Waals surface area contributed by atoms with Crippen LogP contribution in [0.2, 0.25) is 0 Å². The van der Waals surface area contributed by atoms with Crippen molar-refractivity contribution in [3.05, 3.63) is 53.3 Å². The van der Waals surface area contributed by atoms with E-state index in [1.54, 1.807) is 0 Å². The van der Waals surface area contributed by atoms with Gasteiger partial charge in [0.1, 0.15) is 6.29 Å². The maximum atomic E-state index is 10.6. The zero-order valence-corrected chi connectivity index (χ0v) is 12.1. The molecule has 0 amide bonds. The summed E-state index contributed by atoms with van der Waals surface area (Å²) < 4.78 is 2.05. The summed E-state index contributed by atoms with van der Waals surface area (Å²) in [5.74, 6) is 0. The van der Waals surface area contributed by atoms with E-state index < -0.39 is 0 Å². The van der Waals surface area contributed by atoms with Crippen molar-refractivity contribution in [3.63, 3.8) is 0 Å². The van der Waals surface area contributed by atoms with Crippen LogP contribution in [-0.4, -0.2) is 16.1 Å². The SMILES string of the molecule is CCCCc1cc(CCC=O)n(Cc2ccccc2)n1. The lowest BCUT2D eigenvalue weighted by Gasteiger charge is -2.06. The number of rotatable bonds is 8. The standard InChI is InChI=1S/C17H22N2O/c1-2-3-10-16-13-17(11-7-12-20)19(18-16)14-15-8-5-4-6-9-15/h4-6,8-9,12-13H,2-3,7,10-11,14H2,1H3. The molecule has 0 saturated heterocycles. The topological polar surface area (TPSA) is 34.9 Å². The average Bonchev–Trinajstić information content (AvgIpc) is 2.86. The number of aromatic nitrogens is 2. The zero-order chi connectivity index (χ0) is 14.2. The number of benzene rings is 1. The minimum Gasteiger partial charge on any atom is -0.303 e. The number of hydrogen-bond donors (Lipinski definition) is 0. The van der Waals surface area contributed by atoms with Crippen LogP contribution in [0.5, 0.6) is 0 Å². The van der Waals surface area contributed by atoms with E-state index in [1.165, 1.54) is 12.0 Å². The number of unbranched alkanes of at least 4 members (excludes halogenated alkanes) is 1. The maximum absolute atomic E-state index is 10.6. The molecular weight excluding hydrogens is 248 g/mol. The van der Waals surface area contributed by atoms with Crippen LogP contribution in [0.4, 0.5) is 0 Å². The highest BCUT2D eigenvalue weighted by Gasteiger charge is 2.08. The Morgan fingerprint density at radius 1 is 1.20 bits per heavy atom. The quantitative estimate of drug-likeness (QED) is 0.689. The second-order valence-electron chi connectivity index (χ2n) is 5.08. The minimum atomic E-state index is 0.563. The predicted molar refractivity (Wildman–Crippen MR) is 80.8 cm³/mol. The molecule has 106 valence electrons. The molecule has 0 bridgehead atoms. The molecule has 3 nitrogen and oxygen atoms in total. The number of aldehydes is 1. The maximum Gasteiger partial charge on any atom is 0.120 e. The summed E-state index contributed by atoms with van der Waals surface area (Å²) in [6, 6.07) is 12.5. The van der Waals surface area contributed by atoms with E-state index in [-0.39, 0.29) is 0 Å². The van der Waals surface area contributed by atoms with Gasteiger partial charge in [0.15, 0.2) is 0 Å². The molecule has 0 radical (unpaired) electrons. The number of carbonyl (C=O) groups is 1. The third-order valence-corrected chi connectivity index (χ3v) is 3.39. The predicted octanol–water partition coefficient (Wildman–Crippen LogP) is 3.41. The van der Waals surface area contributed by atoms with Crippen molar-refractivity contribution in [2.24, 2.45) is 0 Å². The lowest BCUT2D eigenvalue weighted by molar-refractivity contribution is -0.107. The van der Waals surface area contributed by atoms with Crippen molar-refractivity contribution in [1.82, 2.24) is 9.78 Å². The summed E-state index contributed by atoms with van der Waals surface area (Å²) >= 11 is 0. The summed E-state index contributed by atoms with van der Waals surface area (Å²) in [4.78, 5) is 10.6. The summed E-state index contributed by atoms with van der Waals surface area (Å²) in [6.07, 6.45) is 5.67. The van der Waals surface area contributed by atoms with E-state index in [1.807, 2.05) is 22.9 Å². The number of carbonyl (C=O) groups excluding carboxylic acids is 1. The summed E-state index contributed by atoms with van der Waals surface area (Å²) in [6.45, 7) is 2.97. The highest BCUT2D eigenvalue weighted by atomic mass is 16.1. The molecule has 0 aliphatic rings. The third-order valence-electron chi connectivity index (χ3n) is 3.39. The molecule has 0 aliphatic carbocycles. The van der Waals surface area contributed by atoms with Gasteiger partial charge in [0.2, 0.25) is 0 Å². The minimum absolute atomic E-state index is 0.563. The molecule has 1 aromatic carbocycles. The van der Waals surface area contributed by atoms with Crippen molar-refractivity contribution >= 4 is 6.29 Å². The van der Waals surface area contributed by atoms with Crippen LogP contribution in [0.1, 0.15) is 43.1 Å². The molecule has 0 N–H and O–H groups in total. The van der Waals surface area contributed by atoms with Crippen LogP contribution in [0.25, 0.3) is 0 Å². The molecule has 20 heavy (non-hydrogen) atoms. The van der Waals surface area contributed by atoms with Gasteiger partial charge in [-0.25, -0.2) is 0 Å². The Morgan fingerprint density at radius 3 is 2.70 bits per heavy atom. The van der Waals surface area contributed by atoms with Crippen LogP contribution in [0, 0.1) is 0 Å². The second-order valence-corrected chi connectivity index (χ2v) is 5.08. The highest BCUT2D eigenvalue weighted by Crippen LogP contribution is 2.12. The van der Waals surface area contributed by atoms with Crippen molar-refractivity contribution in [1.29, 1.82) is 0 Å². The van der Waals surface area contributed by atoms with Gasteiger partial charge in [0, 0.05) is 12.1 Å². The molecule has 0 unspecified atom stereocenters. The fourth-order valence-electron chi connectivity index (χ4n) is 2.30. The summed E-state index contributed by atoms with van der Waals surface area (Å²) in [5.41, 5.74) is 3.54. The van der Waals surface area contributed by atoms with Gasteiger partial charge in [-0.05, 0) is 30.9 Å². The Balaban J connectivity index is 2.15. The van der Waals surface area contributed by atoms with Crippen LogP contribution < -0.4 is 0 Å². The van der Waals surface area contributed by atoms with Crippen molar-refractivity contribution in [3.8, 4) is 0 Å². The first-order chi connectivity index (χ1) is 9.83. The van der Waals surface area contributed by atoms with Crippen molar-refractivity contribution < 1.29 is 4.79 Å². The van der Waals surface area contributed by atoms with Gasteiger partial charge >= 0.3 is 0 Å². The van der Waals surface area contributed by atoms with Crippen LogP contribution >= 0.6 is 0 Å². The Labute approximate surface area is 120 Å². The molecule has 2 aromatic rings. The second kappa shape index (κ2) is 7.63. The third kappa shape index (κ3) is 4.05. The molecule has 1 aromatic heterocycles. The van der Waals surface area contributed by atoms with Crippen LogP contribution in [0.3, 0.4) is 0 Å². The van der Waals surface area contributed by atoms with Crippen molar-refractivity contribution in [2.75, 3.05) is 0 Å². The molecule has 3 heteroatoms. The Bertz CT molecular complexity index is 531. The monoisotopic (exact) mass is 270 g/mol. The fourth-order valence-corrected chi connectivity index (χ4v) is 2.30. The molecule has 0 spiro atoms. The fraction of sp³-hybridized carbons (Fsp3) is 0.412. The van der Waals surface area contributed by atoms with Gasteiger partial charge in [-0.3, -0.25) is 4.68 Å². The first kappa shape index (κ1) is 14.5. The van der Waals surface area contributed by atoms with Crippen molar-refractivity contribution in [2.45, 2.75) is 45.6 Å². The van der Waals surface area contributed by atoms with E-state index in [2.05, 4.69) is 25.1 Å². The van der Waals surface area contributed by atoms with E-state index >= 15 is 0 Å². The molecule has 0 aliphatic heterocycles. The zero-order valence-electron chi connectivity index (χ0n) is 12.1. The Morgan fingerprint density at radius 2 is 2.00 bits per heavy atom. The summed E-state index contributed by atoms with van der Waals surface area (Å²) in [5, 5.41) is 4.70. The van der Waals surface area contributed by atoms with Gasteiger partial charge in [-0.15, -0.1) is 0 Å². The Kier molecular flexibility index (Phi) is 5.54. The molecule has 1 heterocycles. The molecule has 2 rings (SSSR count). The van der Waals surface area contributed by atoms with E-state index in [0.717, 1.165) is 43.5 Å². The lowest BCUT2D eigenvalue weighted by Crippen LogP contribution is -2.07. The van der Waals surface area contributed by atoms with Crippen LogP contribution in [0.15, 0.2) is 36.4 Å². The van der Waals surface area contributed by atoms with Gasteiger partial charge in [0.05, 0.1) is 12.2 Å². The average molecular weight is 270 g/mol. The molecule has 0 saturated carbocycles. The van der Waals surface area contributed by atoms with E-state index in [9.17, 15) is 4.79 Å². The van der Waals surface area contributed by atoms with Crippen LogP contribution in [-0.2, 0) is 24.2 Å². The smallest absolute Gasteiger partial charge is 0.120 e. The number of nitrogens with zero attached hydrogens (tertiary/aromatic N) is 2. The molecule has 0 atom stereocenters. The first-order valence-electron chi connectivity index (χ1n) is 7.36.